The van der Waals surface area contributed by atoms with E-state index in [1.54, 1.807) is 11.1 Å². The van der Waals surface area contributed by atoms with E-state index in [0.717, 1.165) is 23.7 Å². The molecule has 6 unspecified atom stereocenters. The molecule has 1 nitrogen and oxygen atoms in total. The molecule has 268 valence electrons. The van der Waals surface area contributed by atoms with Crippen molar-refractivity contribution in [1.29, 1.82) is 0 Å². The second-order valence-electron chi connectivity index (χ2n) is 19.3. The molecule has 6 aromatic carbocycles. The molecule has 6 atom stereocenters. The number of anilines is 3. The summed E-state index contributed by atoms with van der Waals surface area (Å²) in [6.07, 6.45) is 8.28. The molecule has 0 aromatic heterocycles. The molecule has 2 bridgehead atoms. The summed E-state index contributed by atoms with van der Waals surface area (Å²) < 4.78 is 0. The highest BCUT2D eigenvalue weighted by Crippen LogP contribution is 2.89. The van der Waals surface area contributed by atoms with Gasteiger partial charge >= 0.3 is 0 Å². The van der Waals surface area contributed by atoms with Crippen LogP contribution < -0.4 is 4.90 Å². The van der Waals surface area contributed by atoms with E-state index in [0.29, 0.717) is 5.41 Å². The lowest BCUT2D eigenvalue weighted by Gasteiger charge is -2.78. The van der Waals surface area contributed by atoms with E-state index in [9.17, 15) is 0 Å². The molecule has 4 saturated carbocycles. The minimum Gasteiger partial charge on any atom is -0.310 e. The SMILES string of the molecule is CC1(C)CCC(C)(C)c2cc(N(c3ccc(-c4ccc5ccccc5c4)cc3)c3ccc4c(c3)C3(c5ccccc5S4)C4CC5CC6CC3C64C5)ccc21. The van der Waals surface area contributed by atoms with Gasteiger partial charge in [0.1, 0.15) is 0 Å². The molecule has 12 rings (SSSR count). The minimum atomic E-state index is 0.134. The highest BCUT2D eigenvalue weighted by atomic mass is 32.2. The van der Waals surface area contributed by atoms with Gasteiger partial charge in [-0.05, 0) is 177 Å². The molecular formula is C52H49NS. The largest absolute Gasteiger partial charge is 0.310 e. The van der Waals surface area contributed by atoms with Crippen molar-refractivity contribution in [3.63, 3.8) is 0 Å². The second kappa shape index (κ2) is 10.7. The van der Waals surface area contributed by atoms with Crippen LogP contribution in [0.4, 0.5) is 17.1 Å². The van der Waals surface area contributed by atoms with Gasteiger partial charge in [0.2, 0.25) is 0 Å². The van der Waals surface area contributed by atoms with Crippen LogP contribution in [0.15, 0.2) is 137 Å². The van der Waals surface area contributed by atoms with Gasteiger partial charge in [-0.3, -0.25) is 0 Å². The van der Waals surface area contributed by atoms with Gasteiger partial charge in [-0.25, -0.2) is 0 Å². The fourth-order valence-corrected chi connectivity index (χ4v) is 14.7. The quantitative estimate of drug-likeness (QED) is 0.178. The van der Waals surface area contributed by atoms with Crippen LogP contribution in [0.1, 0.15) is 88.5 Å². The average molecular weight is 720 g/mol. The van der Waals surface area contributed by atoms with Crippen molar-refractivity contribution >= 4 is 39.6 Å². The summed E-state index contributed by atoms with van der Waals surface area (Å²) in [6.45, 7) is 9.79. The Balaban J connectivity index is 1.03. The lowest BCUT2D eigenvalue weighted by Crippen LogP contribution is -2.74. The van der Waals surface area contributed by atoms with E-state index in [4.69, 9.17) is 0 Å². The molecule has 2 spiro atoms. The summed E-state index contributed by atoms with van der Waals surface area (Å²) >= 11 is 2.02. The molecule has 0 saturated heterocycles. The minimum absolute atomic E-state index is 0.134. The zero-order valence-corrected chi connectivity index (χ0v) is 32.8. The number of fused-ring (bicyclic) bond motifs is 9. The first-order valence-electron chi connectivity index (χ1n) is 20.6. The van der Waals surface area contributed by atoms with Crippen molar-refractivity contribution in [3.05, 3.63) is 150 Å². The standard InChI is InChI=1S/C52H49NS/c1-49(2)23-24-50(3,4)43-29-39(19-21-41(43)49)53(38-17-15-34(16-18-38)36-14-13-33-9-5-6-10-35(33)27-36)40-20-22-46-44(30-40)52(42-11-7-8-12-45(42)54-46)47-26-32-25-37-28-48(52)51(37,47)31-32/h5-22,27,29-30,32,37,47-48H,23-26,28,31H2,1-4H3. The van der Waals surface area contributed by atoms with Crippen LogP contribution in [0.25, 0.3) is 21.9 Å². The van der Waals surface area contributed by atoms with Crippen molar-refractivity contribution in [3.8, 4) is 11.1 Å². The van der Waals surface area contributed by atoms with Crippen LogP contribution in [0.3, 0.4) is 0 Å². The highest BCUT2D eigenvalue weighted by Gasteiger charge is 2.84. The van der Waals surface area contributed by atoms with Crippen molar-refractivity contribution in [2.24, 2.45) is 29.1 Å². The smallest absolute Gasteiger partial charge is 0.0465 e. The van der Waals surface area contributed by atoms with E-state index in [1.165, 1.54) is 98.4 Å². The maximum absolute atomic E-state index is 2.66. The summed E-state index contributed by atoms with van der Waals surface area (Å²) in [5.74, 6) is 3.49. The third-order valence-electron chi connectivity index (χ3n) is 16.0. The van der Waals surface area contributed by atoms with Crippen molar-refractivity contribution in [2.45, 2.75) is 92.3 Å². The highest BCUT2D eigenvalue weighted by molar-refractivity contribution is 7.99. The summed E-state index contributed by atoms with van der Waals surface area (Å²) in [6, 6.07) is 49.5. The van der Waals surface area contributed by atoms with Crippen LogP contribution in [-0.2, 0) is 16.2 Å². The van der Waals surface area contributed by atoms with Gasteiger partial charge in [-0.15, -0.1) is 0 Å². The van der Waals surface area contributed by atoms with Crippen LogP contribution >= 0.6 is 11.8 Å². The molecular weight excluding hydrogens is 671 g/mol. The summed E-state index contributed by atoms with van der Waals surface area (Å²) in [4.78, 5) is 5.57. The van der Waals surface area contributed by atoms with Crippen molar-refractivity contribution < 1.29 is 0 Å². The number of rotatable bonds is 4. The number of benzene rings is 6. The van der Waals surface area contributed by atoms with Crippen molar-refractivity contribution in [2.75, 3.05) is 4.90 Å². The maximum atomic E-state index is 2.66. The molecule has 4 fully saturated rings. The molecule has 0 amide bonds. The zero-order valence-electron chi connectivity index (χ0n) is 32.0. The predicted octanol–water partition coefficient (Wildman–Crippen LogP) is 14.1. The third-order valence-corrected chi connectivity index (χ3v) is 17.2. The second-order valence-corrected chi connectivity index (χ2v) is 20.4. The van der Waals surface area contributed by atoms with E-state index in [-0.39, 0.29) is 16.2 Å². The Morgan fingerprint density at radius 1 is 0.519 bits per heavy atom. The molecule has 1 aliphatic heterocycles. The van der Waals surface area contributed by atoms with Gasteiger partial charge in [0, 0.05) is 32.3 Å². The predicted molar refractivity (Wildman–Crippen MR) is 226 cm³/mol. The Bertz CT molecular complexity index is 2540. The van der Waals surface area contributed by atoms with E-state index >= 15 is 0 Å². The van der Waals surface area contributed by atoms with Gasteiger partial charge in [0.15, 0.2) is 0 Å². The Morgan fingerprint density at radius 2 is 1.17 bits per heavy atom. The molecule has 1 heterocycles. The van der Waals surface area contributed by atoms with Gasteiger partial charge in [-0.1, -0.05) is 112 Å². The van der Waals surface area contributed by atoms with Crippen LogP contribution in [0, 0.1) is 29.1 Å². The van der Waals surface area contributed by atoms with Crippen LogP contribution in [0.5, 0.6) is 0 Å². The van der Waals surface area contributed by atoms with Gasteiger partial charge in [0.25, 0.3) is 0 Å². The zero-order chi connectivity index (χ0) is 36.2. The summed E-state index contributed by atoms with van der Waals surface area (Å²) in [7, 11) is 0. The topological polar surface area (TPSA) is 3.24 Å². The van der Waals surface area contributed by atoms with Gasteiger partial charge in [-0.2, -0.15) is 0 Å². The Labute approximate surface area is 325 Å². The number of hydrogen-bond acceptors (Lipinski definition) is 2. The molecule has 0 N–H and O–H groups in total. The lowest BCUT2D eigenvalue weighted by atomic mass is 9.26. The fourth-order valence-electron chi connectivity index (χ4n) is 13.5. The Morgan fingerprint density at radius 3 is 1.98 bits per heavy atom. The Kier molecular flexibility index (Phi) is 6.36. The number of nitrogens with zero attached hydrogens (tertiary/aromatic N) is 1. The van der Waals surface area contributed by atoms with Crippen LogP contribution in [-0.4, -0.2) is 0 Å². The molecule has 6 aliphatic rings. The molecule has 5 aliphatic carbocycles. The fraction of sp³-hybridized carbons (Fsp3) is 0.346. The average Bonchev–Trinajstić information content (AvgIpc) is 3.72. The molecule has 2 heteroatoms. The third kappa shape index (κ3) is 4.03. The monoisotopic (exact) mass is 719 g/mol. The normalized spacial score (nSPS) is 29.8. The van der Waals surface area contributed by atoms with Gasteiger partial charge < -0.3 is 4.90 Å². The molecule has 54 heavy (non-hydrogen) atoms. The van der Waals surface area contributed by atoms with Crippen LogP contribution in [0.2, 0.25) is 0 Å². The van der Waals surface area contributed by atoms with Gasteiger partial charge in [0.05, 0.1) is 0 Å². The van der Waals surface area contributed by atoms with Crippen molar-refractivity contribution in [1.82, 2.24) is 0 Å². The summed E-state index contributed by atoms with van der Waals surface area (Å²) in [5.41, 5.74) is 13.7. The number of hydrogen-bond donors (Lipinski definition) is 0. The van der Waals surface area contributed by atoms with E-state index in [2.05, 4.69) is 160 Å². The summed E-state index contributed by atoms with van der Waals surface area (Å²) in [5, 5.41) is 2.57. The first-order chi connectivity index (χ1) is 26.2. The lowest BCUT2D eigenvalue weighted by molar-refractivity contribution is -0.235. The van der Waals surface area contributed by atoms with E-state index in [1.807, 2.05) is 11.8 Å². The first-order valence-corrected chi connectivity index (χ1v) is 21.4. The molecule has 6 aromatic rings. The van der Waals surface area contributed by atoms with E-state index < -0.39 is 0 Å². The maximum Gasteiger partial charge on any atom is 0.0465 e. The Hall–Kier alpha value is -4.27. The molecule has 0 radical (unpaired) electrons. The first kappa shape index (κ1) is 32.0.